The monoisotopic (exact) mass is 322 g/mol. The fraction of sp³-hybridized carbons (Fsp3) is 0.381. The first-order chi connectivity index (χ1) is 11.6. The Hall–Kier alpha value is -2.13. The van der Waals surface area contributed by atoms with Crippen LogP contribution in [0.3, 0.4) is 0 Å². The van der Waals surface area contributed by atoms with Gasteiger partial charge in [-0.2, -0.15) is 0 Å². The molecule has 0 aliphatic carbocycles. The summed E-state index contributed by atoms with van der Waals surface area (Å²) < 4.78 is 0. The first-order valence-electron chi connectivity index (χ1n) is 8.77. The van der Waals surface area contributed by atoms with Crippen molar-refractivity contribution >= 4 is 11.6 Å². The Labute approximate surface area is 144 Å². The van der Waals surface area contributed by atoms with E-state index in [0.29, 0.717) is 5.92 Å². The van der Waals surface area contributed by atoms with Gasteiger partial charge < -0.3 is 5.32 Å². The van der Waals surface area contributed by atoms with Crippen LogP contribution in [-0.2, 0) is 17.8 Å². The Kier molecular flexibility index (Phi) is 5.00. The van der Waals surface area contributed by atoms with Gasteiger partial charge in [-0.1, -0.05) is 56.3 Å². The van der Waals surface area contributed by atoms with E-state index in [0.717, 1.165) is 25.2 Å². The van der Waals surface area contributed by atoms with Gasteiger partial charge in [-0.15, -0.1) is 0 Å². The molecule has 126 valence electrons. The van der Waals surface area contributed by atoms with Crippen LogP contribution in [0.2, 0.25) is 0 Å². The number of rotatable bonds is 4. The number of anilines is 1. The van der Waals surface area contributed by atoms with Gasteiger partial charge in [0, 0.05) is 18.8 Å². The van der Waals surface area contributed by atoms with Crippen molar-refractivity contribution in [2.45, 2.75) is 45.7 Å². The van der Waals surface area contributed by atoms with Crippen molar-refractivity contribution in [2.24, 2.45) is 0 Å². The molecule has 24 heavy (non-hydrogen) atoms. The summed E-state index contributed by atoms with van der Waals surface area (Å²) in [6.07, 6.45) is 1.01. The van der Waals surface area contributed by atoms with Crippen LogP contribution in [0.1, 0.15) is 43.4 Å². The minimum absolute atomic E-state index is 0.0717. The third-order valence-electron chi connectivity index (χ3n) is 4.93. The molecular weight excluding hydrogens is 296 g/mol. The number of nitrogens with zero attached hydrogens (tertiary/aromatic N) is 1. The average Bonchev–Trinajstić information content (AvgIpc) is 2.61. The third kappa shape index (κ3) is 3.51. The normalized spacial score (nSPS) is 15.8. The SMILES string of the molecule is CC(C)c1ccccc1NC(=O)C(C)N1CCc2ccccc2C1. The lowest BCUT2D eigenvalue weighted by atomic mass is 9.98. The summed E-state index contributed by atoms with van der Waals surface area (Å²) >= 11 is 0. The number of hydrogen-bond donors (Lipinski definition) is 1. The van der Waals surface area contributed by atoms with Gasteiger partial charge in [0.25, 0.3) is 0 Å². The first kappa shape index (κ1) is 16.7. The Bertz CT molecular complexity index is 723. The van der Waals surface area contributed by atoms with Crippen LogP contribution in [0.25, 0.3) is 0 Å². The molecule has 1 atom stereocenters. The number of carbonyl (C=O) groups is 1. The van der Waals surface area contributed by atoms with Gasteiger partial charge in [0.1, 0.15) is 0 Å². The predicted molar refractivity (Wildman–Crippen MR) is 99.2 cm³/mol. The molecule has 0 fully saturated rings. The molecule has 0 bridgehead atoms. The molecule has 0 saturated heterocycles. The Morgan fingerprint density at radius 2 is 1.67 bits per heavy atom. The molecule has 1 aliphatic rings. The highest BCUT2D eigenvalue weighted by atomic mass is 16.2. The minimum atomic E-state index is -0.140. The number of nitrogens with one attached hydrogen (secondary N) is 1. The van der Waals surface area contributed by atoms with Crippen LogP contribution in [0.4, 0.5) is 5.69 Å². The van der Waals surface area contributed by atoms with E-state index in [4.69, 9.17) is 0 Å². The van der Waals surface area contributed by atoms with E-state index in [1.54, 1.807) is 0 Å². The maximum atomic E-state index is 12.7. The van der Waals surface area contributed by atoms with Gasteiger partial charge >= 0.3 is 0 Å². The first-order valence-corrected chi connectivity index (χ1v) is 8.77. The highest BCUT2D eigenvalue weighted by Crippen LogP contribution is 2.25. The Morgan fingerprint density at radius 3 is 2.42 bits per heavy atom. The minimum Gasteiger partial charge on any atom is -0.324 e. The van der Waals surface area contributed by atoms with Crippen LogP contribution >= 0.6 is 0 Å². The summed E-state index contributed by atoms with van der Waals surface area (Å²) in [5.74, 6) is 0.459. The van der Waals surface area contributed by atoms with Crippen LogP contribution in [0.5, 0.6) is 0 Å². The summed E-state index contributed by atoms with van der Waals surface area (Å²) in [5, 5.41) is 3.13. The lowest BCUT2D eigenvalue weighted by Gasteiger charge is -2.33. The zero-order valence-electron chi connectivity index (χ0n) is 14.8. The zero-order chi connectivity index (χ0) is 17.1. The van der Waals surface area contributed by atoms with Gasteiger partial charge in [0.2, 0.25) is 5.91 Å². The van der Waals surface area contributed by atoms with Crippen molar-refractivity contribution in [3.63, 3.8) is 0 Å². The number of benzene rings is 2. The number of amides is 1. The van der Waals surface area contributed by atoms with Gasteiger partial charge in [-0.3, -0.25) is 9.69 Å². The van der Waals surface area contributed by atoms with Crippen molar-refractivity contribution < 1.29 is 4.79 Å². The van der Waals surface area contributed by atoms with Crippen LogP contribution in [-0.4, -0.2) is 23.4 Å². The second-order valence-corrected chi connectivity index (χ2v) is 6.90. The molecule has 1 unspecified atom stereocenters. The van der Waals surface area contributed by atoms with E-state index in [2.05, 4.69) is 54.4 Å². The zero-order valence-corrected chi connectivity index (χ0v) is 14.8. The maximum Gasteiger partial charge on any atom is 0.241 e. The standard InChI is InChI=1S/C21H26N2O/c1-15(2)19-10-6-7-11-20(19)22-21(24)16(3)23-13-12-17-8-4-5-9-18(17)14-23/h4-11,15-16H,12-14H2,1-3H3,(H,22,24). The fourth-order valence-corrected chi connectivity index (χ4v) is 3.37. The van der Waals surface area contributed by atoms with Gasteiger partial charge in [-0.05, 0) is 42.0 Å². The summed E-state index contributed by atoms with van der Waals surface area (Å²) in [5.41, 5.74) is 4.86. The summed E-state index contributed by atoms with van der Waals surface area (Å²) in [6, 6.07) is 16.5. The third-order valence-corrected chi connectivity index (χ3v) is 4.93. The molecule has 1 aliphatic heterocycles. The van der Waals surface area contributed by atoms with E-state index >= 15 is 0 Å². The van der Waals surface area contributed by atoms with Crippen molar-refractivity contribution in [2.75, 3.05) is 11.9 Å². The van der Waals surface area contributed by atoms with Gasteiger partial charge in [-0.25, -0.2) is 0 Å². The number of para-hydroxylation sites is 1. The van der Waals surface area contributed by atoms with Crippen molar-refractivity contribution in [1.82, 2.24) is 4.90 Å². The summed E-state index contributed by atoms with van der Waals surface area (Å²) in [4.78, 5) is 15.0. The van der Waals surface area contributed by atoms with E-state index in [1.165, 1.54) is 16.7 Å². The van der Waals surface area contributed by atoms with Crippen LogP contribution < -0.4 is 5.32 Å². The molecule has 0 radical (unpaired) electrons. The molecule has 3 heteroatoms. The van der Waals surface area contributed by atoms with E-state index in [1.807, 2.05) is 25.1 Å². The second-order valence-electron chi connectivity index (χ2n) is 6.90. The van der Waals surface area contributed by atoms with Crippen LogP contribution in [0, 0.1) is 0 Å². The molecule has 3 nitrogen and oxygen atoms in total. The number of carbonyl (C=O) groups excluding carboxylic acids is 1. The molecule has 2 aromatic carbocycles. The Balaban J connectivity index is 1.70. The van der Waals surface area contributed by atoms with Gasteiger partial charge in [0.15, 0.2) is 0 Å². The molecule has 1 heterocycles. The van der Waals surface area contributed by atoms with E-state index in [-0.39, 0.29) is 11.9 Å². The number of hydrogen-bond acceptors (Lipinski definition) is 2. The highest BCUT2D eigenvalue weighted by Gasteiger charge is 2.25. The topological polar surface area (TPSA) is 32.3 Å². The lowest BCUT2D eigenvalue weighted by molar-refractivity contribution is -0.121. The number of fused-ring (bicyclic) bond motifs is 1. The van der Waals surface area contributed by atoms with Crippen molar-refractivity contribution in [1.29, 1.82) is 0 Å². The van der Waals surface area contributed by atoms with Crippen molar-refractivity contribution in [3.8, 4) is 0 Å². The molecule has 0 saturated carbocycles. The molecular formula is C21H26N2O. The molecule has 0 aromatic heterocycles. The molecule has 2 aromatic rings. The van der Waals surface area contributed by atoms with Gasteiger partial charge in [0.05, 0.1) is 6.04 Å². The molecule has 3 rings (SSSR count). The second kappa shape index (κ2) is 7.18. The van der Waals surface area contributed by atoms with E-state index < -0.39 is 0 Å². The Morgan fingerprint density at radius 1 is 1.00 bits per heavy atom. The highest BCUT2D eigenvalue weighted by molar-refractivity contribution is 5.95. The van der Waals surface area contributed by atoms with E-state index in [9.17, 15) is 4.79 Å². The lowest BCUT2D eigenvalue weighted by Crippen LogP contribution is -2.44. The molecule has 1 N–H and O–H groups in total. The average molecular weight is 322 g/mol. The predicted octanol–water partition coefficient (Wildman–Crippen LogP) is 4.20. The fourth-order valence-electron chi connectivity index (χ4n) is 3.37. The smallest absolute Gasteiger partial charge is 0.241 e. The largest absolute Gasteiger partial charge is 0.324 e. The summed E-state index contributed by atoms with van der Waals surface area (Å²) in [6.45, 7) is 8.07. The maximum absolute atomic E-state index is 12.7. The molecule has 1 amide bonds. The molecule has 0 spiro atoms. The quantitative estimate of drug-likeness (QED) is 0.915. The van der Waals surface area contributed by atoms with Crippen LogP contribution in [0.15, 0.2) is 48.5 Å². The summed E-state index contributed by atoms with van der Waals surface area (Å²) in [7, 11) is 0. The van der Waals surface area contributed by atoms with Crippen molar-refractivity contribution in [3.05, 3.63) is 65.2 Å².